The summed E-state index contributed by atoms with van der Waals surface area (Å²) in [6.45, 7) is 9.21. The molecule has 2 aromatic carbocycles. The molecule has 0 aliphatic carbocycles. The first kappa shape index (κ1) is 20.1. The van der Waals surface area contributed by atoms with Crippen molar-refractivity contribution in [2.24, 2.45) is 0 Å². The molecule has 0 saturated heterocycles. The van der Waals surface area contributed by atoms with E-state index in [4.69, 9.17) is 4.74 Å². The Balaban J connectivity index is 1.80. The zero-order valence-corrected chi connectivity index (χ0v) is 17.5. The molecule has 1 aliphatic rings. The van der Waals surface area contributed by atoms with Gasteiger partial charge in [0.25, 0.3) is 0 Å². The molecule has 3 rings (SSSR count). The smallest absolute Gasteiger partial charge is 0.338 e. The summed E-state index contributed by atoms with van der Waals surface area (Å²) < 4.78 is 5.52. The van der Waals surface area contributed by atoms with E-state index in [9.17, 15) is 14.4 Å². The molecule has 1 heterocycles. The van der Waals surface area contributed by atoms with Gasteiger partial charge in [-0.15, -0.1) is 11.8 Å². The van der Waals surface area contributed by atoms with Crippen molar-refractivity contribution in [3.8, 4) is 0 Å². The summed E-state index contributed by atoms with van der Waals surface area (Å²) in [6.07, 6.45) is 0. The first-order chi connectivity index (χ1) is 13.2. The number of aryl methyl sites for hydroxylation is 2. The number of carbonyl (C=O) groups is 3. The molecule has 1 atom stereocenters. The number of hydrogen-bond acceptors (Lipinski definition) is 5. The monoisotopic (exact) mass is 397 g/mol. The summed E-state index contributed by atoms with van der Waals surface area (Å²) in [6, 6.07) is 7.11. The van der Waals surface area contributed by atoms with E-state index in [0.717, 1.165) is 27.1 Å². The van der Waals surface area contributed by atoms with E-state index in [2.05, 4.69) is 5.32 Å². The summed E-state index contributed by atoms with van der Waals surface area (Å²) in [5.74, 6) is -0.546. The summed E-state index contributed by atoms with van der Waals surface area (Å²) in [5, 5.41) is 2.66. The third-order valence-electron chi connectivity index (χ3n) is 4.98. The third-order valence-corrected chi connectivity index (χ3v) is 6.15. The van der Waals surface area contributed by atoms with Gasteiger partial charge in [-0.25, -0.2) is 4.79 Å². The van der Waals surface area contributed by atoms with Crippen molar-refractivity contribution in [3.05, 3.63) is 57.6 Å². The maximum Gasteiger partial charge on any atom is 0.338 e. The number of ether oxygens (including phenoxy) is 1. The predicted molar refractivity (Wildman–Crippen MR) is 110 cm³/mol. The molecule has 1 N–H and O–H groups in total. The number of ketones is 1. The van der Waals surface area contributed by atoms with E-state index in [1.165, 1.54) is 11.8 Å². The van der Waals surface area contributed by atoms with Crippen molar-refractivity contribution in [3.63, 3.8) is 0 Å². The SMILES string of the molecule is CC(=O)c1c(C)cc(C)c(COC(=O)c2ccc3c(c2)NC(=O)[C@H](C)S3)c1C. The predicted octanol–water partition coefficient (Wildman–Crippen LogP) is 4.60. The van der Waals surface area contributed by atoms with E-state index in [0.29, 0.717) is 16.8 Å². The van der Waals surface area contributed by atoms with Gasteiger partial charge in [0.15, 0.2) is 5.78 Å². The van der Waals surface area contributed by atoms with Crippen molar-refractivity contribution >= 4 is 35.1 Å². The second kappa shape index (κ2) is 7.80. The van der Waals surface area contributed by atoms with E-state index >= 15 is 0 Å². The van der Waals surface area contributed by atoms with Gasteiger partial charge < -0.3 is 10.1 Å². The molecule has 1 aliphatic heterocycles. The lowest BCUT2D eigenvalue weighted by Crippen LogP contribution is -2.26. The lowest BCUT2D eigenvalue weighted by atomic mass is 9.92. The Hall–Kier alpha value is -2.60. The van der Waals surface area contributed by atoms with Crippen LogP contribution in [-0.2, 0) is 16.1 Å². The Bertz CT molecular complexity index is 997. The molecular weight excluding hydrogens is 374 g/mol. The highest BCUT2D eigenvalue weighted by Crippen LogP contribution is 2.36. The van der Waals surface area contributed by atoms with E-state index in [1.807, 2.05) is 39.8 Å². The Morgan fingerprint density at radius 1 is 1.14 bits per heavy atom. The van der Waals surface area contributed by atoms with Crippen LogP contribution in [0.2, 0.25) is 0 Å². The van der Waals surface area contributed by atoms with Crippen LogP contribution in [0.1, 0.15) is 56.8 Å². The highest BCUT2D eigenvalue weighted by atomic mass is 32.2. The molecule has 1 amide bonds. The summed E-state index contributed by atoms with van der Waals surface area (Å²) >= 11 is 1.46. The first-order valence-corrected chi connectivity index (χ1v) is 9.96. The van der Waals surface area contributed by atoms with Crippen LogP contribution in [0.4, 0.5) is 5.69 Å². The maximum absolute atomic E-state index is 12.5. The van der Waals surface area contributed by atoms with Crippen LogP contribution in [0.3, 0.4) is 0 Å². The molecule has 0 fully saturated rings. The van der Waals surface area contributed by atoms with Gasteiger partial charge in [0, 0.05) is 10.5 Å². The van der Waals surface area contributed by atoms with Crippen LogP contribution in [-0.4, -0.2) is 22.9 Å². The molecule has 0 radical (unpaired) electrons. The molecule has 146 valence electrons. The average molecular weight is 397 g/mol. The van der Waals surface area contributed by atoms with E-state index in [1.54, 1.807) is 19.1 Å². The Morgan fingerprint density at radius 3 is 2.54 bits per heavy atom. The lowest BCUT2D eigenvalue weighted by molar-refractivity contribution is -0.115. The summed E-state index contributed by atoms with van der Waals surface area (Å²) in [5.41, 5.74) is 5.29. The summed E-state index contributed by atoms with van der Waals surface area (Å²) in [4.78, 5) is 37.3. The molecule has 0 aromatic heterocycles. The largest absolute Gasteiger partial charge is 0.457 e. The standard InChI is InChI=1S/C22H23NO4S/c1-11-8-12(2)20(14(4)24)13(3)17(11)10-27-22(26)16-6-7-19-18(9-16)23-21(25)15(5)28-19/h6-9,15H,10H2,1-5H3,(H,23,25)/t15-/m0/s1. The number of thioether (sulfide) groups is 1. The second-order valence-electron chi connectivity index (χ2n) is 7.08. The van der Waals surface area contributed by atoms with Crippen LogP contribution in [0, 0.1) is 20.8 Å². The lowest BCUT2D eigenvalue weighted by Gasteiger charge is -2.21. The zero-order chi connectivity index (χ0) is 20.6. The molecule has 0 saturated carbocycles. The van der Waals surface area contributed by atoms with E-state index < -0.39 is 5.97 Å². The van der Waals surface area contributed by atoms with Crippen molar-refractivity contribution in [1.82, 2.24) is 0 Å². The van der Waals surface area contributed by atoms with Crippen LogP contribution in [0.5, 0.6) is 0 Å². The molecular formula is C22H23NO4S. The molecule has 0 unspecified atom stereocenters. The number of amides is 1. The minimum absolute atomic E-state index is 0.000247. The third kappa shape index (κ3) is 3.83. The van der Waals surface area contributed by atoms with Gasteiger partial charge in [-0.1, -0.05) is 6.07 Å². The number of fused-ring (bicyclic) bond motifs is 1. The topological polar surface area (TPSA) is 72.5 Å². The molecule has 5 nitrogen and oxygen atoms in total. The Labute approximate surface area is 168 Å². The normalized spacial score (nSPS) is 15.6. The molecule has 0 spiro atoms. The van der Waals surface area contributed by atoms with Gasteiger partial charge in [0.1, 0.15) is 6.61 Å². The fourth-order valence-electron chi connectivity index (χ4n) is 3.55. The average Bonchev–Trinajstić information content (AvgIpc) is 2.61. The number of Topliss-reactive ketones (excluding diaryl/α,β-unsaturated/α-hetero) is 1. The summed E-state index contributed by atoms with van der Waals surface area (Å²) in [7, 11) is 0. The highest BCUT2D eigenvalue weighted by Gasteiger charge is 2.24. The number of esters is 1. The van der Waals surface area contributed by atoms with Crippen LogP contribution < -0.4 is 5.32 Å². The van der Waals surface area contributed by atoms with Gasteiger partial charge >= 0.3 is 5.97 Å². The second-order valence-corrected chi connectivity index (χ2v) is 8.46. The Morgan fingerprint density at radius 2 is 1.86 bits per heavy atom. The number of nitrogens with one attached hydrogen (secondary N) is 1. The number of anilines is 1. The van der Waals surface area contributed by atoms with Gasteiger partial charge in [-0.3, -0.25) is 9.59 Å². The van der Waals surface area contributed by atoms with Crippen LogP contribution in [0.15, 0.2) is 29.2 Å². The highest BCUT2D eigenvalue weighted by molar-refractivity contribution is 8.00. The minimum atomic E-state index is -0.468. The number of rotatable bonds is 4. The molecule has 6 heteroatoms. The van der Waals surface area contributed by atoms with Gasteiger partial charge in [-0.2, -0.15) is 0 Å². The fraction of sp³-hybridized carbons (Fsp3) is 0.318. The zero-order valence-electron chi connectivity index (χ0n) is 16.6. The van der Waals surface area contributed by atoms with Crippen LogP contribution >= 0.6 is 11.8 Å². The van der Waals surface area contributed by atoms with Crippen molar-refractivity contribution in [2.75, 3.05) is 5.32 Å². The Kier molecular flexibility index (Phi) is 5.61. The van der Waals surface area contributed by atoms with Gasteiger partial charge in [-0.05, 0) is 75.1 Å². The van der Waals surface area contributed by atoms with E-state index in [-0.39, 0.29) is 23.5 Å². The van der Waals surface area contributed by atoms with Crippen molar-refractivity contribution in [1.29, 1.82) is 0 Å². The fourth-order valence-corrected chi connectivity index (χ4v) is 4.48. The van der Waals surface area contributed by atoms with Crippen molar-refractivity contribution < 1.29 is 19.1 Å². The van der Waals surface area contributed by atoms with Crippen LogP contribution in [0.25, 0.3) is 0 Å². The van der Waals surface area contributed by atoms with Gasteiger partial charge in [0.2, 0.25) is 5.91 Å². The number of hydrogen-bond donors (Lipinski definition) is 1. The van der Waals surface area contributed by atoms with Gasteiger partial charge in [0.05, 0.1) is 16.5 Å². The quantitative estimate of drug-likeness (QED) is 0.603. The first-order valence-electron chi connectivity index (χ1n) is 9.08. The number of benzene rings is 2. The van der Waals surface area contributed by atoms with Crippen molar-refractivity contribution in [2.45, 2.75) is 51.4 Å². The maximum atomic E-state index is 12.5. The molecule has 28 heavy (non-hydrogen) atoms. The minimum Gasteiger partial charge on any atom is -0.457 e. The number of carbonyl (C=O) groups excluding carboxylic acids is 3. The molecule has 0 bridgehead atoms. The molecule has 2 aromatic rings.